The van der Waals surface area contributed by atoms with Gasteiger partial charge in [0.05, 0.1) is 12.3 Å². The summed E-state index contributed by atoms with van der Waals surface area (Å²) >= 11 is 1.40. The molecule has 26 heavy (non-hydrogen) atoms. The zero-order valence-corrected chi connectivity index (χ0v) is 15.5. The van der Waals surface area contributed by atoms with Gasteiger partial charge in [-0.05, 0) is 42.8 Å². The molecule has 0 atom stereocenters. The number of unbranched alkanes of at least 4 members (excludes halogenated alkanes) is 2. The Balaban J connectivity index is 1.57. The van der Waals surface area contributed by atoms with Crippen molar-refractivity contribution in [3.05, 3.63) is 59.7 Å². The summed E-state index contributed by atoms with van der Waals surface area (Å²) in [6, 6.07) is 11.0. The molecule has 0 saturated heterocycles. The van der Waals surface area contributed by atoms with Crippen molar-refractivity contribution in [3.63, 3.8) is 0 Å². The summed E-state index contributed by atoms with van der Waals surface area (Å²) in [7, 11) is 0. The van der Waals surface area contributed by atoms with Crippen molar-refractivity contribution >= 4 is 22.4 Å². The smallest absolute Gasteiger partial charge is 0.257 e. The molecule has 6 heteroatoms. The Morgan fingerprint density at radius 1 is 1.12 bits per heavy atom. The molecule has 1 aromatic carbocycles. The fourth-order valence-corrected chi connectivity index (χ4v) is 3.12. The van der Waals surface area contributed by atoms with Gasteiger partial charge >= 0.3 is 0 Å². The Hall–Kier alpha value is -2.73. The first-order valence-corrected chi connectivity index (χ1v) is 9.54. The minimum absolute atomic E-state index is 0.182. The highest BCUT2D eigenvalue weighted by Gasteiger charge is 2.10. The van der Waals surface area contributed by atoms with E-state index in [2.05, 4.69) is 22.2 Å². The molecule has 0 aliphatic heterocycles. The Labute approximate surface area is 157 Å². The summed E-state index contributed by atoms with van der Waals surface area (Å²) in [6.07, 6.45) is 6.82. The fourth-order valence-electron chi connectivity index (χ4n) is 2.40. The summed E-state index contributed by atoms with van der Waals surface area (Å²) in [5.41, 5.74) is 2.37. The molecule has 134 valence electrons. The number of ether oxygens (including phenoxy) is 1. The number of carbonyl (C=O) groups excluding carboxylic acids is 1. The third-order valence-corrected chi connectivity index (χ3v) is 4.59. The van der Waals surface area contributed by atoms with E-state index in [0.29, 0.717) is 17.3 Å². The number of hydrogen-bond donors (Lipinski definition) is 1. The van der Waals surface area contributed by atoms with E-state index in [0.717, 1.165) is 29.8 Å². The lowest BCUT2D eigenvalue weighted by Crippen LogP contribution is -2.11. The van der Waals surface area contributed by atoms with E-state index in [1.165, 1.54) is 17.8 Å². The number of carbonyl (C=O) groups is 1. The summed E-state index contributed by atoms with van der Waals surface area (Å²) in [5.74, 6) is 0.602. The molecule has 1 N–H and O–H groups in total. The van der Waals surface area contributed by atoms with Gasteiger partial charge < -0.3 is 4.74 Å². The first-order valence-electron chi connectivity index (χ1n) is 8.66. The number of rotatable bonds is 8. The van der Waals surface area contributed by atoms with Gasteiger partial charge in [0, 0.05) is 28.9 Å². The lowest BCUT2D eigenvalue weighted by atomic mass is 10.2. The Morgan fingerprint density at radius 2 is 1.88 bits per heavy atom. The van der Waals surface area contributed by atoms with Crippen LogP contribution in [0.1, 0.15) is 36.5 Å². The first-order chi connectivity index (χ1) is 12.8. The van der Waals surface area contributed by atoms with Crippen molar-refractivity contribution in [3.8, 4) is 17.0 Å². The van der Waals surface area contributed by atoms with Gasteiger partial charge in [0.25, 0.3) is 5.91 Å². The Morgan fingerprint density at radius 3 is 2.62 bits per heavy atom. The van der Waals surface area contributed by atoms with Crippen LogP contribution in [0.4, 0.5) is 5.13 Å². The second-order valence-corrected chi connectivity index (χ2v) is 6.67. The highest BCUT2D eigenvalue weighted by atomic mass is 32.1. The standard InChI is InChI=1S/C20H21N3O2S/c1-2-3-4-13-25-17-7-5-16(6-8-17)19(24)23-20-22-18(14-26-20)15-9-11-21-12-10-15/h5-12,14H,2-4,13H2,1H3,(H,22,23,24). The molecule has 2 heterocycles. The highest BCUT2D eigenvalue weighted by molar-refractivity contribution is 7.14. The number of anilines is 1. The molecule has 3 aromatic rings. The third-order valence-electron chi connectivity index (χ3n) is 3.83. The molecule has 3 rings (SSSR count). The van der Waals surface area contributed by atoms with E-state index in [1.54, 1.807) is 24.5 Å². The molecule has 0 spiro atoms. The van der Waals surface area contributed by atoms with Crippen LogP contribution in [0.5, 0.6) is 5.75 Å². The largest absolute Gasteiger partial charge is 0.494 e. The average Bonchev–Trinajstić information content (AvgIpc) is 3.15. The van der Waals surface area contributed by atoms with E-state index in [9.17, 15) is 4.79 Å². The van der Waals surface area contributed by atoms with Gasteiger partial charge in [-0.3, -0.25) is 15.1 Å². The van der Waals surface area contributed by atoms with Gasteiger partial charge in [-0.25, -0.2) is 4.98 Å². The second-order valence-electron chi connectivity index (χ2n) is 5.81. The number of hydrogen-bond acceptors (Lipinski definition) is 5. The molecule has 2 aromatic heterocycles. The Kier molecular flexibility index (Phi) is 6.33. The zero-order chi connectivity index (χ0) is 18.2. The topological polar surface area (TPSA) is 64.1 Å². The average molecular weight is 367 g/mol. The molecule has 0 fully saturated rings. The summed E-state index contributed by atoms with van der Waals surface area (Å²) in [5, 5.41) is 5.33. The maximum atomic E-state index is 12.4. The second kappa shape index (κ2) is 9.10. The summed E-state index contributed by atoms with van der Waals surface area (Å²) in [4.78, 5) is 20.8. The van der Waals surface area contributed by atoms with Gasteiger partial charge in [0.1, 0.15) is 5.75 Å². The monoisotopic (exact) mass is 367 g/mol. The number of thiazole rings is 1. The van der Waals surface area contributed by atoms with Gasteiger partial charge in [-0.1, -0.05) is 19.8 Å². The van der Waals surface area contributed by atoms with E-state index in [4.69, 9.17) is 4.74 Å². The molecule has 5 nitrogen and oxygen atoms in total. The predicted octanol–water partition coefficient (Wildman–Crippen LogP) is 5.03. The quantitative estimate of drug-likeness (QED) is 0.567. The maximum Gasteiger partial charge on any atom is 0.257 e. The van der Waals surface area contributed by atoms with Crippen molar-refractivity contribution in [2.24, 2.45) is 0 Å². The lowest BCUT2D eigenvalue weighted by molar-refractivity contribution is 0.102. The van der Waals surface area contributed by atoms with Crippen LogP contribution in [0.25, 0.3) is 11.3 Å². The van der Waals surface area contributed by atoms with Gasteiger partial charge in [-0.2, -0.15) is 0 Å². The first kappa shape index (κ1) is 18.1. The number of nitrogens with one attached hydrogen (secondary N) is 1. The van der Waals surface area contributed by atoms with Crippen LogP contribution in [0.15, 0.2) is 54.2 Å². The van der Waals surface area contributed by atoms with Crippen molar-refractivity contribution in [2.75, 3.05) is 11.9 Å². The number of aromatic nitrogens is 2. The highest BCUT2D eigenvalue weighted by Crippen LogP contribution is 2.24. The van der Waals surface area contributed by atoms with Gasteiger partial charge in [-0.15, -0.1) is 11.3 Å². The third kappa shape index (κ3) is 4.89. The zero-order valence-electron chi connectivity index (χ0n) is 14.6. The lowest BCUT2D eigenvalue weighted by Gasteiger charge is -2.07. The van der Waals surface area contributed by atoms with E-state index < -0.39 is 0 Å². The molecule has 0 aliphatic carbocycles. The normalized spacial score (nSPS) is 10.5. The molecule has 0 aliphatic rings. The molecule has 1 amide bonds. The molecule has 0 radical (unpaired) electrons. The number of pyridine rings is 1. The fraction of sp³-hybridized carbons (Fsp3) is 0.250. The van der Waals surface area contributed by atoms with Crippen LogP contribution in [0.2, 0.25) is 0 Å². The van der Waals surface area contributed by atoms with Gasteiger partial charge in [0.15, 0.2) is 5.13 Å². The maximum absolute atomic E-state index is 12.4. The molecule has 0 unspecified atom stereocenters. The van der Waals surface area contributed by atoms with Crippen LogP contribution < -0.4 is 10.1 Å². The molecular weight excluding hydrogens is 346 g/mol. The minimum atomic E-state index is -0.182. The number of nitrogens with zero attached hydrogens (tertiary/aromatic N) is 2. The van der Waals surface area contributed by atoms with E-state index in [1.807, 2.05) is 29.6 Å². The van der Waals surface area contributed by atoms with Crippen LogP contribution in [-0.4, -0.2) is 22.5 Å². The minimum Gasteiger partial charge on any atom is -0.494 e. The van der Waals surface area contributed by atoms with Crippen LogP contribution in [-0.2, 0) is 0 Å². The molecular formula is C20H21N3O2S. The molecule has 0 saturated carbocycles. The van der Waals surface area contributed by atoms with Crippen LogP contribution in [0, 0.1) is 0 Å². The summed E-state index contributed by atoms with van der Waals surface area (Å²) < 4.78 is 5.67. The van der Waals surface area contributed by atoms with Gasteiger partial charge in [0.2, 0.25) is 0 Å². The van der Waals surface area contributed by atoms with Crippen molar-refractivity contribution < 1.29 is 9.53 Å². The molecule has 0 bridgehead atoms. The predicted molar refractivity (Wildman–Crippen MR) is 105 cm³/mol. The SMILES string of the molecule is CCCCCOc1ccc(C(=O)Nc2nc(-c3ccncc3)cs2)cc1. The van der Waals surface area contributed by atoms with Crippen LogP contribution in [0.3, 0.4) is 0 Å². The number of amides is 1. The van der Waals surface area contributed by atoms with Crippen molar-refractivity contribution in [2.45, 2.75) is 26.2 Å². The van der Waals surface area contributed by atoms with Crippen molar-refractivity contribution in [1.29, 1.82) is 0 Å². The number of benzene rings is 1. The summed E-state index contributed by atoms with van der Waals surface area (Å²) in [6.45, 7) is 2.87. The van der Waals surface area contributed by atoms with Crippen LogP contribution >= 0.6 is 11.3 Å². The Bertz CT molecular complexity index is 832. The van der Waals surface area contributed by atoms with E-state index >= 15 is 0 Å². The van der Waals surface area contributed by atoms with Crippen molar-refractivity contribution in [1.82, 2.24) is 9.97 Å². The van der Waals surface area contributed by atoms with E-state index in [-0.39, 0.29) is 5.91 Å².